The van der Waals surface area contributed by atoms with Gasteiger partial charge in [0, 0.05) is 19.8 Å². The molecule has 0 aromatic carbocycles. The number of nitrogens with one attached hydrogen (secondary N) is 1. The number of carbonyl (C=O) groups is 1. The molecule has 0 spiro atoms. The van der Waals surface area contributed by atoms with Crippen LogP contribution in [0.5, 0.6) is 0 Å². The summed E-state index contributed by atoms with van der Waals surface area (Å²) in [7, 11) is -1.99. The fourth-order valence-corrected chi connectivity index (χ4v) is 4.05. The predicted molar refractivity (Wildman–Crippen MR) is 76.2 cm³/mol. The second-order valence-electron chi connectivity index (χ2n) is 5.81. The molecule has 0 radical (unpaired) electrons. The van der Waals surface area contributed by atoms with Crippen molar-refractivity contribution in [2.24, 2.45) is 12.5 Å². The smallest absolute Gasteiger partial charge is 0.303 e. The number of aromatic nitrogens is 2. The molecular formula is C13H21N3O4S. The molecule has 7 nitrogen and oxygen atoms in total. The summed E-state index contributed by atoms with van der Waals surface area (Å²) in [6.07, 6.45) is 7.17. The van der Waals surface area contributed by atoms with Crippen molar-refractivity contribution in [3.63, 3.8) is 0 Å². The number of aryl methyl sites for hydroxylation is 1. The van der Waals surface area contributed by atoms with Crippen LogP contribution in [0.2, 0.25) is 0 Å². The quantitative estimate of drug-likeness (QED) is 0.819. The van der Waals surface area contributed by atoms with E-state index in [1.165, 1.54) is 17.1 Å². The number of sulfonamides is 1. The molecule has 118 valence electrons. The third-order valence-electron chi connectivity index (χ3n) is 4.07. The Balaban J connectivity index is 2.09. The van der Waals surface area contributed by atoms with Gasteiger partial charge in [0.25, 0.3) is 0 Å². The highest BCUT2D eigenvalue weighted by molar-refractivity contribution is 7.89. The van der Waals surface area contributed by atoms with Gasteiger partial charge in [-0.2, -0.15) is 5.10 Å². The van der Waals surface area contributed by atoms with E-state index in [-0.39, 0.29) is 17.9 Å². The number of hydrogen-bond acceptors (Lipinski definition) is 4. The lowest BCUT2D eigenvalue weighted by molar-refractivity contribution is -0.140. The van der Waals surface area contributed by atoms with Crippen molar-refractivity contribution < 1.29 is 18.3 Å². The summed E-state index contributed by atoms with van der Waals surface area (Å²) in [6.45, 7) is 0.163. The molecule has 8 heteroatoms. The van der Waals surface area contributed by atoms with E-state index in [0.717, 1.165) is 32.1 Å². The molecule has 1 aliphatic carbocycles. The first kappa shape index (κ1) is 16.0. The number of aliphatic carboxylic acids is 1. The Morgan fingerprint density at radius 3 is 2.62 bits per heavy atom. The topological polar surface area (TPSA) is 101 Å². The van der Waals surface area contributed by atoms with E-state index in [1.807, 2.05) is 0 Å². The molecule has 0 bridgehead atoms. The van der Waals surface area contributed by atoms with Gasteiger partial charge in [-0.1, -0.05) is 19.3 Å². The summed E-state index contributed by atoms with van der Waals surface area (Å²) in [5.41, 5.74) is -0.473. The molecule has 0 aliphatic heterocycles. The molecule has 1 heterocycles. The highest BCUT2D eigenvalue weighted by atomic mass is 32.2. The number of carboxylic acid groups (broad SMARTS) is 1. The number of rotatable bonds is 6. The molecule has 2 rings (SSSR count). The van der Waals surface area contributed by atoms with E-state index < -0.39 is 21.4 Å². The van der Waals surface area contributed by atoms with E-state index >= 15 is 0 Å². The Morgan fingerprint density at radius 1 is 1.43 bits per heavy atom. The number of carboxylic acids is 1. The van der Waals surface area contributed by atoms with Gasteiger partial charge in [-0.05, 0) is 18.3 Å². The van der Waals surface area contributed by atoms with Crippen molar-refractivity contribution in [2.75, 3.05) is 6.54 Å². The zero-order valence-corrected chi connectivity index (χ0v) is 12.9. The van der Waals surface area contributed by atoms with Crippen molar-refractivity contribution >= 4 is 16.0 Å². The van der Waals surface area contributed by atoms with Crippen LogP contribution in [-0.4, -0.2) is 35.8 Å². The van der Waals surface area contributed by atoms with Gasteiger partial charge in [-0.15, -0.1) is 0 Å². The van der Waals surface area contributed by atoms with Crippen LogP contribution in [0, 0.1) is 5.41 Å². The highest BCUT2D eigenvalue weighted by Crippen LogP contribution is 2.39. The third kappa shape index (κ3) is 4.04. The molecule has 2 N–H and O–H groups in total. The first-order valence-electron chi connectivity index (χ1n) is 7.03. The van der Waals surface area contributed by atoms with Gasteiger partial charge in [0.2, 0.25) is 10.0 Å². The van der Waals surface area contributed by atoms with E-state index in [0.29, 0.717) is 0 Å². The van der Waals surface area contributed by atoms with Gasteiger partial charge in [-0.3, -0.25) is 9.48 Å². The van der Waals surface area contributed by atoms with Gasteiger partial charge in [0.05, 0.1) is 12.6 Å². The Morgan fingerprint density at radius 2 is 2.10 bits per heavy atom. The summed E-state index contributed by atoms with van der Waals surface area (Å²) >= 11 is 0. The van der Waals surface area contributed by atoms with Crippen LogP contribution >= 0.6 is 0 Å². The minimum atomic E-state index is -3.64. The second kappa shape index (κ2) is 6.15. The lowest BCUT2D eigenvalue weighted by atomic mass is 9.72. The first-order chi connectivity index (χ1) is 9.83. The fourth-order valence-electron chi connectivity index (χ4n) is 2.91. The SMILES string of the molecule is Cn1cc(S(=O)(=O)NCC2(CC(=O)O)CCCCC2)cn1. The predicted octanol–water partition coefficient (Wildman–Crippen LogP) is 1.12. The maximum Gasteiger partial charge on any atom is 0.303 e. The summed E-state index contributed by atoms with van der Waals surface area (Å²) in [6, 6.07) is 0. The summed E-state index contributed by atoms with van der Waals surface area (Å²) in [5, 5.41) is 12.9. The van der Waals surface area contributed by atoms with Crippen molar-refractivity contribution in [3.8, 4) is 0 Å². The van der Waals surface area contributed by atoms with E-state index in [2.05, 4.69) is 9.82 Å². The lowest BCUT2D eigenvalue weighted by Gasteiger charge is -2.36. The molecule has 1 aliphatic rings. The molecule has 0 amide bonds. The van der Waals surface area contributed by atoms with E-state index in [9.17, 15) is 13.2 Å². The van der Waals surface area contributed by atoms with Gasteiger partial charge < -0.3 is 5.11 Å². The molecule has 1 fully saturated rings. The second-order valence-corrected chi connectivity index (χ2v) is 7.57. The van der Waals surface area contributed by atoms with Crippen molar-refractivity contribution in [3.05, 3.63) is 12.4 Å². The van der Waals surface area contributed by atoms with Gasteiger partial charge in [-0.25, -0.2) is 13.1 Å². The molecule has 0 saturated heterocycles. The molecule has 1 aromatic rings. The standard InChI is InChI=1S/C13H21N3O4S/c1-16-9-11(8-14-16)21(19,20)15-10-13(7-12(17)18)5-3-2-4-6-13/h8-9,15H,2-7,10H2,1H3,(H,17,18). The average molecular weight is 315 g/mol. The van der Waals surface area contributed by atoms with Gasteiger partial charge in [0.1, 0.15) is 4.90 Å². The molecule has 1 saturated carbocycles. The molecule has 21 heavy (non-hydrogen) atoms. The normalized spacial score (nSPS) is 18.5. The van der Waals surface area contributed by atoms with Crippen LogP contribution in [0.4, 0.5) is 0 Å². The fraction of sp³-hybridized carbons (Fsp3) is 0.692. The van der Waals surface area contributed by atoms with Crippen molar-refractivity contribution in [1.82, 2.24) is 14.5 Å². The van der Waals surface area contributed by atoms with Crippen LogP contribution in [0.25, 0.3) is 0 Å². The summed E-state index contributed by atoms with van der Waals surface area (Å²) < 4.78 is 28.4. The van der Waals surface area contributed by atoms with E-state index in [1.54, 1.807) is 7.05 Å². The summed E-state index contributed by atoms with van der Waals surface area (Å²) in [5.74, 6) is -0.877. The van der Waals surface area contributed by atoms with Gasteiger partial charge >= 0.3 is 5.97 Å². The number of nitrogens with zero attached hydrogens (tertiary/aromatic N) is 2. The number of hydrogen-bond donors (Lipinski definition) is 2. The lowest BCUT2D eigenvalue weighted by Crippen LogP contribution is -2.40. The maximum absolute atomic E-state index is 12.2. The maximum atomic E-state index is 12.2. The average Bonchev–Trinajstić information content (AvgIpc) is 2.85. The Bertz CT molecular complexity index is 603. The third-order valence-corrected chi connectivity index (χ3v) is 5.42. The highest BCUT2D eigenvalue weighted by Gasteiger charge is 2.35. The monoisotopic (exact) mass is 315 g/mol. The molecule has 0 unspecified atom stereocenters. The van der Waals surface area contributed by atoms with Crippen LogP contribution in [0.1, 0.15) is 38.5 Å². The summed E-state index contributed by atoms with van der Waals surface area (Å²) in [4.78, 5) is 11.2. The molecule has 0 atom stereocenters. The minimum absolute atomic E-state index is 0.00254. The first-order valence-corrected chi connectivity index (χ1v) is 8.51. The molecule has 1 aromatic heterocycles. The molecular weight excluding hydrogens is 294 g/mol. The Hall–Kier alpha value is -1.41. The zero-order valence-electron chi connectivity index (χ0n) is 12.1. The zero-order chi connectivity index (χ0) is 15.5. The van der Waals surface area contributed by atoms with Crippen molar-refractivity contribution in [1.29, 1.82) is 0 Å². The van der Waals surface area contributed by atoms with Crippen LogP contribution in [-0.2, 0) is 21.9 Å². The van der Waals surface area contributed by atoms with Crippen LogP contribution in [0.15, 0.2) is 17.3 Å². The van der Waals surface area contributed by atoms with Crippen molar-refractivity contribution in [2.45, 2.75) is 43.4 Å². The minimum Gasteiger partial charge on any atom is -0.481 e. The largest absolute Gasteiger partial charge is 0.481 e. The van der Waals surface area contributed by atoms with Crippen LogP contribution < -0.4 is 4.72 Å². The van der Waals surface area contributed by atoms with Crippen LogP contribution in [0.3, 0.4) is 0 Å². The van der Waals surface area contributed by atoms with E-state index in [4.69, 9.17) is 5.11 Å². The van der Waals surface area contributed by atoms with Gasteiger partial charge in [0.15, 0.2) is 0 Å². The Kier molecular flexibility index (Phi) is 4.67. The Labute approximate surface area is 124 Å².